The summed E-state index contributed by atoms with van der Waals surface area (Å²) >= 11 is 0. The molecule has 0 atom stereocenters. The van der Waals surface area contributed by atoms with Crippen molar-refractivity contribution >= 4 is 18.3 Å². The zero-order chi connectivity index (χ0) is 17.0. The summed E-state index contributed by atoms with van der Waals surface area (Å²) in [6, 6.07) is 2.60. The van der Waals surface area contributed by atoms with E-state index in [1.54, 1.807) is 11.9 Å². The van der Waals surface area contributed by atoms with Crippen molar-refractivity contribution in [2.75, 3.05) is 39.8 Å². The van der Waals surface area contributed by atoms with Crippen molar-refractivity contribution in [2.45, 2.75) is 12.7 Å². The Bertz CT molecular complexity index is 562. The van der Waals surface area contributed by atoms with Crippen LogP contribution in [0.5, 0.6) is 0 Å². The number of hydrogen-bond acceptors (Lipinski definition) is 3. The standard InChI is InChI=1S/C15H19F4N3O.ClH/c1-21(10-14(23)22-6-4-20-5-7-22)9-11-2-3-12(16)8-13(11)15(17,18)19;/h2-3,8,20H,4-7,9-10H2,1H3;1H. The number of nitrogens with one attached hydrogen (secondary N) is 1. The zero-order valence-electron chi connectivity index (χ0n) is 13.2. The van der Waals surface area contributed by atoms with Gasteiger partial charge in [-0.05, 0) is 24.7 Å². The molecule has 1 aliphatic rings. The first-order chi connectivity index (χ1) is 10.8. The van der Waals surface area contributed by atoms with Gasteiger partial charge < -0.3 is 10.2 Å². The molecule has 4 nitrogen and oxygen atoms in total. The highest BCUT2D eigenvalue weighted by Gasteiger charge is 2.34. The lowest BCUT2D eigenvalue weighted by Gasteiger charge is -2.29. The predicted octanol–water partition coefficient (Wildman–Crippen LogP) is 2.13. The van der Waals surface area contributed by atoms with Crippen LogP contribution in [-0.2, 0) is 17.5 Å². The van der Waals surface area contributed by atoms with Gasteiger partial charge >= 0.3 is 6.18 Å². The molecule has 136 valence electrons. The normalized spacial score (nSPS) is 15.3. The second-order valence-electron chi connectivity index (χ2n) is 5.60. The third-order valence-electron chi connectivity index (χ3n) is 3.69. The summed E-state index contributed by atoms with van der Waals surface area (Å²) in [4.78, 5) is 15.3. The van der Waals surface area contributed by atoms with E-state index in [4.69, 9.17) is 0 Å². The number of nitrogens with zero attached hydrogens (tertiary/aromatic N) is 2. The number of carbonyl (C=O) groups excluding carboxylic acids is 1. The van der Waals surface area contributed by atoms with Crippen LogP contribution in [0.3, 0.4) is 0 Å². The number of benzene rings is 1. The summed E-state index contributed by atoms with van der Waals surface area (Å²) in [7, 11) is 1.57. The summed E-state index contributed by atoms with van der Waals surface area (Å²) in [5, 5.41) is 3.12. The zero-order valence-corrected chi connectivity index (χ0v) is 14.0. The Hall–Kier alpha value is -1.38. The maximum atomic E-state index is 13.1. The van der Waals surface area contributed by atoms with Crippen LogP contribution < -0.4 is 5.32 Å². The Morgan fingerprint density at radius 3 is 2.50 bits per heavy atom. The third-order valence-corrected chi connectivity index (χ3v) is 3.69. The second-order valence-corrected chi connectivity index (χ2v) is 5.60. The number of amides is 1. The van der Waals surface area contributed by atoms with Gasteiger partial charge in [0, 0.05) is 32.7 Å². The lowest BCUT2D eigenvalue weighted by Crippen LogP contribution is -2.49. The number of carbonyl (C=O) groups is 1. The smallest absolute Gasteiger partial charge is 0.339 e. The van der Waals surface area contributed by atoms with Crippen LogP contribution in [0.2, 0.25) is 0 Å². The topological polar surface area (TPSA) is 35.6 Å². The van der Waals surface area contributed by atoms with Crippen molar-refractivity contribution in [1.29, 1.82) is 0 Å². The molecule has 1 amide bonds. The average Bonchev–Trinajstić information content (AvgIpc) is 2.49. The van der Waals surface area contributed by atoms with Crippen LogP contribution in [0.15, 0.2) is 18.2 Å². The van der Waals surface area contributed by atoms with Crippen LogP contribution in [0.1, 0.15) is 11.1 Å². The Labute approximate surface area is 144 Å². The molecule has 0 bridgehead atoms. The van der Waals surface area contributed by atoms with Crippen molar-refractivity contribution in [3.63, 3.8) is 0 Å². The van der Waals surface area contributed by atoms with E-state index >= 15 is 0 Å². The Morgan fingerprint density at radius 1 is 1.29 bits per heavy atom. The minimum atomic E-state index is -4.62. The Balaban J connectivity index is 0.00000288. The molecular formula is C15H20ClF4N3O. The highest BCUT2D eigenvalue weighted by molar-refractivity contribution is 5.85. The van der Waals surface area contributed by atoms with Crippen LogP contribution in [0.4, 0.5) is 17.6 Å². The lowest BCUT2D eigenvalue weighted by atomic mass is 10.1. The number of rotatable bonds is 4. The van der Waals surface area contributed by atoms with Gasteiger partial charge in [0.25, 0.3) is 0 Å². The first kappa shape index (κ1) is 20.7. The Morgan fingerprint density at radius 2 is 1.92 bits per heavy atom. The monoisotopic (exact) mass is 369 g/mol. The fourth-order valence-electron chi connectivity index (χ4n) is 2.54. The molecule has 24 heavy (non-hydrogen) atoms. The summed E-state index contributed by atoms with van der Waals surface area (Å²) in [6.45, 7) is 2.56. The van der Waals surface area contributed by atoms with Gasteiger partial charge in [0.1, 0.15) is 5.82 Å². The van der Waals surface area contributed by atoms with E-state index in [2.05, 4.69) is 5.32 Å². The van der Waals surface area contributed by atoms with Crippen LogP contribution >= 0.6 is 12.4 Å². The first-order valence-corrected chi connectivity index (χ1v) is 7.30. The molecule has 9 heteroatoms. The minimum Gasteiger partial charge on any atom is -0.339 e. The highest BCUT2D eigenvalue weighted by atomic mass is 35.5. The van der Waals surface area contributed by atoms with Gasteiger partial charge in [0.15, 0.2) is 0 Å². The number of piperazine rings is 1. The van der Waals surface area contributed by atoms with E-state index in [-0.39, 0.29) is 37.0 Å². The van der Waals surface area contributed by atoms with Gasteiger partial charge in [-0.25, -0.2) is 4.39 Å². The third kappa shape index (κ3) is 5.61. The molecule has 0 radical (unpaired) electrons. The van der Waals surface area contributed by atoms with Gasteiger partial charge in [-0.15, -0.1) is 12.4 Å². The van der Waals surface area contributed by atoms with Crippen molar-refractivity contribution < 1.29 is 22.4 Å². The highest BCUT2D eigenvalue weighted by Crippen LogP contribution is 2.33. The molecule has 1 N–H and O–H groups in total. The molecule has 1 fully saturated rings. The van der Waals surface area contributed by atoms with E-state index in [9.17, 15) is 22.4 Å². The molecule has 0 saturated carbocycles. The molecule has 0 aromatic heterocycles. The molecule has 1 heterocycles. The van der Waals surface area contributed by atoms with Gasteiger partial charge in [0.05, 0.1) is 12.1 Å². The van der Waals surface area contributed by atoms with Gasteiger partial charge in [-0.3, -0.25) is 9.69 Å². The van der Waals surface area contributed by atoms with Crippen molar-refractivity contribution in [3.05, 3.63) is 35.1 Å². The molecule has 0 spiro atoms. The number of likely N-dealkylation sites (N-methyl/N-ethyl adjacent to an activating group) is 1. The summed E-state index contributed by atoms with van der Waals surface area (Å²) < 4.78 is 52.0. The average molecular weight is 370 g/mol. The fourth-order valence-corrected chi connectivity index (χ4v) is 2.54. The quantitative estimate of drug-likeness (QED) is 0.826. The van der Waals surface area contributed by atoms with Gasteiger partial charge in [0.2, 0.25) is 5.91 Å². The van der Waals surface area contributed by atoms with Crippen molar-refractivity contribution in [1.82, 2.24) is 15.1 Å². The van der Waals surface area contributed by atoms with Gasteiger partial charge in [-0.2, -0.15) is 13.2 Å². The maximum Gasteiger partial charge on any atom is 0.416 e. The van der Waals surface area contributed by atoms with Gasteiger partial charge in [-0.1, -0.05) is 6.07 Å². The predicted molar refractivity (Wildman–Crippen MR) is 84.4 cm³/mol. The molecule has 0 aliphatic carbocycles. The minimum absolute atomic E-state index is 0. The van der Waals surface area contributed by atoms with E-state index in [0.717, 1.165) is 12.1 Å². The van der Waals surface area contributed by atoms with Crippen molar-refractivity contribution in [3.8, 4) is 0 Å². The van der Waals surface area contributed by atoms with Crippen LogP contribution in [-0.4, -0.2) is 55.5 Å². The number of hydrogen-bond donors (Lipinski definition) is 1. The molecule has 1 aromatic rings. The molecule has 1 aromatic carbocycles. The fraction of sp³-hybridized carbons (Fsp3) is 0.533. The van der Waals surface area contributed by atoms with Crippen molar-refractivity contribution in [2.24, 2.45) is 0 Å². The van der Waals surface area contributed by atoms with E-state index in [0.29, 0.717) is 32.2 Å². The summed E-state index contributed by atoms with van der Waals surface area (Å²) in [6.07, 6.45) is -4.62. The molecule has 0 unspecified atom stereocenters. The summed E-state index contributed by atoms with van der Waals surface area (Å²) in [5.41, 5.74) is -1.05. The van der Waals surface area contributed by atoms with E-state index in [1.165, 1.54) is 4.90 Å². The van der Waals surface area contributed by atoms with Crippen LogP contribution in [0.25, 0.3) is 0 Å². The number of halogens is 5. The Kier molecular flexibility index (Phi) is 7.44. The van der Waals surface area contributed by atoms with Crippen LogP contribution in [0, 0.1) is 5.82 Å². The lowest BCUT2D eigenvalue weighted by molar-refractivity contribution is -0.138. The first-order valence-electron chi connectivity index (χ1n) is 7.30. The summed E-state index contributed by atoms with van der Waals surface area (Å²) in [5.74, 6) is -1.05. The molecule has 1 aliphatic heterocycles. The SMILES string of the molecule is CN(CC(=O)N1CCNCC1)Cc1ccc(F)cc1C(F)(F)F.Cl. The number of alkyl halides is 3. The maximum absolute atomic E-state index is 13.1. The molecular weight excluding hydrogens is 350 g/mol. The van der Waals surface area contributed by atoms with E-state index < -0.39 is 17.6 Å². The largest absolute Gasteiger partial charge is 0.416 e. The van der Waals surface area contributed by atoms with E-state index in [1.807, 2.05) is 0 Å². The molecule has 1 saturated heterocycles. The molecule has 2 rings (SSSR count). The second kappa shape index (κ2) is 8.64.